The zero-order valence-electron chi connectivity index (χ0n) is 15.7. The van der Waals surface area contributed by atoms with Crippen LogP contribution in [0, 0.1) is 0 Å². The molecule has 0 fully saturated rings. The lowest BCUT2D eigenvalue weighted by Gasteiger charge is -2.08. The Morgan fingerprint density at radius 1 is 1.00 bits per heavy atom. The number of fused-ring (bicyclic) bond motifs is 1. The Morgan fingerprint density at radius 3 is 2.53 bits per heavy atom. The first kappa shape index (κ1) is 20.2. The summed E-state index contributed by atoms with van der Waals surface area (Å²) in [6, 6.07) is 18.7. The van der Waals surface area contributed by atoms with Gasteiger partial charge in [-0.3, -0.25) is 9.59 Å². The first-order valence-electron chi connectivity index (χ1n) is 8.94. The van der Waals surface area contributed by atoms with Crippen molar-refractivity contribution in [2.24, 2.45) is 0 Å². The second-order valence-electron chi connectivity index (χ2n) is 6.45. The molecule has 1 aromatic heterocycles. The predicted molar refractivity (Wildman–Crippen MR) is 120 cm³/mol. The number of hydrogen-bond acceptors (Lipinski definition) is 4. The standard InChI is InChI=1S/C23H15BrClNO4/c1-29-19-10-9-13(12-17(19)24)21(27)22-20(16-7-2-3-8-18(16)30-22)26-23(28)14-5-4-6-15(25)11-14/h2-12H,1H3,(H,26,28). The zero-order chi connectivity index (χ0) is 21.3. The van der Waals surface area contributed by atoms with Crippen molar-refractivity contribution in [1.82, 2.24) is 0 Å². The summed E-state index contributed by atoms with van der Waals surface area (Å²) in [5.41, 5.74) is 1.57. The maximum Gasteiger partial charge on any atom is 0.255 e. The number of nitrogens with one attached hydrogen (secondary N) is 1. The van der Waals surface area contributed by atoms with Crippen LogP contribution >= 0.6 is 27.5 Å². The number of halogens is 2. The van der Waals surface area contributed by atoms with Crippen molar-refractivity contribution in [2.45, 2.75) is 0 Å². The van der Waals surface area contributed by atoms with E-state index in [-0.39, 0.29) is 11.5 Å². The van der Waals surface area contributed by atoms with Gasteiger partial charge in [-0.15, -0.1) is 0 Å². The minimum absolute atomic E-state index is 0.0450. The monoisotopic (exact) mass is 483 g/mol. The van der Waals surface area contributed by atoms with Crippen molar-refractivity contribution < 1.29 is 18.7 Å². The molecule has 1 amide bonds. The molecule has 0 aliphatic carbocycles. The van der Waals surface area contributed by atoms with Gasteiger partial charge in [-0.2, -0.15) is 0 Å². The number of amides is 1. The lowest BCUT2D eigenvalue weighted by molar-refractivity contribution is 0.101. The van der Waals surface area contributed by atoms with Crippen LogP contribution in [0.25, 0.3) is 11.0 Å². The summed E-state index contributed by atoms with van der Waals surface area (Å²) in [7, 11) is 1.55. The highest BCUT2D eigenvalue weighted by atomic mass is 79.9. The number of rotatable bonds is 5. The minimum Gasteiger partial charge on any atom is -0.496 e. The number of furan rings is 1. The summed E-state index contributed by atoms with van der Waals surface area (Å²) < 4.78 is 11.7. The average molecular weight is 485 g/mol. The first-order valence-corrected chi connectivity index (χ1v) is 10.1. The van der Waals surface area contributed by atoms with Gasteiger partial charge in [0.2, 0.25) is 5.78 Å². The number of benzene rings is 3. The van der Waals surface area contributed by atoms with Crippen LogP contribution in [0.1, 0.15) is 26.5 Å². The van der Waals surface area contributed by atoms with E-state index in [1.165, 1.54) is 0 Å². The lowest BCUT2D eigenvalue weighted by atomic mass is 10.1. The highest BCUT2D eigenvalue weighted by Gasteiger charge is 2.24. The van der Waals surface area contributed by atoms with Gasteiger partial charge < -0.3 is 14.5 Å². The third-order valence-corrected chi connectivity index (χ3v) is 5.40. The molecule has 4 rings (SSSR count). The van der Waals surface area contributed by atoms with E-state index in [1.54, 1.807) is 67.8 Å². The topological polar surface area (TPSA) is 68.5 Å². The molecule has 5 nitrogen and oxygen atoms in total. The summed E-state index contributed by atoms with van der Waals surface area (Å²) in [6.45, 7) is 0. The zero-order valence-corrected chi connectivity index (χ0v) is 18.1. The molecule has 0 radical (unpaired) electrons. The minimum atomic E-state index is -0.394. The molecule has 0 saturated carbocycles. The summed E-state index contributed by atoms with van der Waals surface area (Å²) in [5, 5.41) is 3.89. The molecule has 0 atom stereocenters. The van der Waals surface area contributed by atoms with Gasteiger partial charge in [0.25, 0.3) is 5.91 Å². The van der Waals surface area contributed by atoms with Crippen LogP contribution < -0.4 is 10.1 Å². The third-order valence-electron chi connectivity index (χ3n) is 4.54. The van der Waals surface area contributed by atoms with Gasteiger partial charge in [-0.1, -0.05) is 29.8 Å². The van der Waals surface area contributed by atoms with Gasteiger partial charge in [-0.25, -0.2) is 0 Å². The molecule has 7 heteroatoms. The van der Waals surface area contributed by atoms with E-state index in [2.05, 4.69) is 21.2 Å². The van der Waals surface area contributed by atoms with E-state index >= 15 is 0 Å². The number of hydrogen-bond donors (Lipinski definition) is 1. The van der Waals surface area contributed by atoms with Crippen LogP contribution in [0.4, 0.5) is 5.69 Å². The molecule has 150 valence electrons. The molecule has 0 unspecified atom stereocenters. The summed E-state index contributed by atoms with van der Waals surface area (Å²) in [6.07, 6.45) is 0. The molecule has 0 aliphatic heterocycles. The fraction of sp³-hybridized carbons (Fsp3) is 0.0435. The van der Waals surface area contributed by atoms with Crippen molar-refractivity contribution in [1.29, 1.82) is 0 Å². The van der Waals surface area contributed by atoms with Crippen molar-refractivity contribution in [3.05, 3.63) is 93.1 Å². The van der Waals surface area contributed by atoms with Gasteiger partial charge in [0.05, 0.1) is 17.3 Å². The van der Waals surface area contributed by atoms with Crippen molar-refractivity contribution in [3.63, 3.8) is 0 Å². The maximum atomic E-state index is 13.2. The van der Waals surface area contributed by atoms with E-state index in [9.17, 15) is 9.59 Å². The predicted octanol–water partition coefficient (Wildman–Crippen LogP) is 6.34. The number of methoxy groups -OCH3 is 1. The molecule has 0 spiro atoms. The van der Waals surface area contributed by atoms with Crippen molar-refractivity contribution >= 4 is 55.9 Å². The van der Waals surface area contributed by atoms with E-state index in [1.807, 2.05) is 6.07 Å². The van der Waals surface area contributed by atoms with Crippen LogP contribution in [-0.4, -0.2) is 18.8 Å². The van der Waals surface area contributed by atoms with E-state index in [0.29, 0.717) is 43.0 Å². The lowest BCUT2D eigenvalue weighted by Crippen LogP contribution is -2.14. The molecule has 30 heavy (non-hydrogen) atoms. The van der Waals surface area contributed by atoms with E-state index in [4.69, 9.17) is 20.8 Å². The number of para-hydroxylation sites is 1. The van der Waals surface area contributed by atoms with Crippen molar-refractivity contribution in [2.75, 3.05) is 12.4 Å². The summed E-state index contributed by atoms with van der Waals surface area (Å²) in [5.74, 6) is -0.112. The number of ether oxygens (including phenoxy) is 1. The average Bonchev–Trinajstić information content (AvgIpc) is 3.11. The number of anilines is 1. The van der Waals surface area contributed by atoms with Gasteiger partial charge in [0.1, 0.15) is 11.3 Å². The Bertz CT molecular complexity index is 1280. The molecule has 1 heterocycles. The van der Waals surface area contributed by atoms with Gasteiger partial charge in [0.15, 0.2) is 5.76 Å². The number of carbonyl (C=O) groups is 2. The van der Waals surface area contributed by atoms with Crippen molar-refractivity contribution in [3.8, 4) is 5.75 Å². The number of ketones is 1. The Labute approximate surface area is 185 Å². The molecular weight excluding hydrogens is 470 g/mol. The second kappa shape index (κ2) is 8.34. The van der Waals surface area contributed by atoms with Gasteiger partial charge in [0, 0.05) is 21.5 Å². The quantitative estimate of drug-likeness (QED) is 0.336. The fourth-order valence-corrected chi connectivity index (χ4v) is 3.81. The second-order valence-corrected chi connectivity index (χ2v) is 7.74. The molecule has 0 aliphatic rings. The fourth-order valence-electron chi connectivity index (χ4n) is 3.08. The van der Waals surface area contributed by atoms with Gasteiger partial charge >= 0.3 is 0 Å². The maximum absolute atomic E-state index is 13.2. The van der Waals surface area contributed by atoms with Gasteiger partial charge in [-0.05, 0) is 64.5 Å². The van der Waals surface area contributed by atoms with Crippen LogP contribution in [-0.2, 0) is 0 Å². The smallest absolute Gasteiger partial charge is 0.255 e. The van der Waals surface area contributed by atoms with Crippen LogP contribution in [0.2, 0.25) is 5.02 Å². The largest absolute Gasteiger partial charge is 0.496 e. The molecule has 0 saturated heterocycles. The SMILES string of the molecule is COc1ccc(C(=O)c2oc3ccccc3c2NC(=O)c2cccc(Cl)c2)cc1Br. The Hall–Kier alpha value is -3.09. The first-order chi connectivity index (χ1) is 14.5. The third kappa shape index (κ3) is 3.84. The Kier molecular flexibility index (Phi) is 5.61. The van der Waals surface area contributed by atoms with Crippen LogP contribution in [0.15, 0.2) is 75.6 Å². The van der Waals surface area contributed by atoms with Crippen LogP contribution in [0.5, 0.6) is 5.75 Å². The Morgan fingerprint density at radius 2 is 1.80 bits per heavy atom. The normalized spacial score (nSPS) is 10.8. The molecule has 4 aromatic rings. The highest BCUT2D eigenvalue weighted by molar-refractivity contribution is 9.10. The molecule has 3 aromatic carbocycles. The van der Waals surface area contributed by atoms with Crippen LogP contribution in [0.3, 0.4) is 0 Å². The Balaban J connectivity index is 1.78. The molecule has 0 bridgehead atoms. The van der Waals surface area contributed by atoms with E-state index < -0.39 is 5.91 Å². The molecular formula is C23H15BrClNO4. The summed E-state index contributed by atoms with van der Waals surface area (Å²) in [4.78, 5) is 26.0. The number of carbonyl (C=O) groups excluding carboxylic acids is 2. The van der Waals surface area contributed by atoms with E-state index in [0.717, 1.165) is 0 Å². The summed E-state index contributed by atoms with van der Waals surface area (Å²) >= 11 is 9.39. The molecule has 1 N–H and O–H groups in total. The highest BCUT2D eigenvalue weighted by Crippen LogP contribution is 2.34.